The molecule has 0 radical (unpaired) electrons. The van der Waals surface area contributed by atoms with E-state index in [9.17, 15) is 14.4 Å². The van der Waals surface area contributed by atoms with Crippen LogP contribution in [0.15, 0.2) is 48.5 Å². The van der Waals surface area contributed by atoms with Gasteiger partial charge < -0.3 is 4.90 Å². The summed E-state index contributed by atoms with van der Waals surface area (Å²) in [6.45, 7) is 3.47. The van der Waals surface area contributed by atoms with Crippen LogP contribution in [-0.2, 0) is 4.79 Å². The van der Waals surface area contributed by atoms with Crippen LogP contribution in [0.5, 0.6) is 0 Å². The van der Waals surface area contributed by atoms with Crippen molar-refractivity contribution < 1.29 is 14.4 Å². The van der Waals surface area contributed by atoms with Crippen LogP contribution in [0.1, 0.15) is 39.6 Å². The van der Waals surface area contributed by atoms with Crippen molar-refractivity contribution in [3.05, 3.63) is 65.2 Å². The molecule has 4 heteroatoms. The van der Waals surface area contributed by atoms with Crippen LogP contribution in [0.25, 0.3) is 0 Å². The number of carbonyl (C=O) groups excluding carboxylic acids is 3. The highest BCUT2D eigenvalue weighted by atomic mass is 16.2. The summed E-state index contributed by atoms with van der Waals surface area (Å²) < 4.78 is 0. The lowest BCUT2D eigenvalue weighted by molar-refractivity contribution is -0.125. The third-order valence-electron chi connectivity index (χ3n) is 4.65. The smallest absolute Gasteiger partial charge is 0.241 e. The molecule has 0 spiro atoms. The topological polar surface area (TPSA) is 54.5 Å². The van der Waals surface area contributed by atoms with E-state index in [0.29, 0.717) is 16.8 Å². The van der Waals surface area contributed by atoms with E-state index in [0.717, 1.165) is 5.56 Å². The van der Waals surface area contributed by atoms with Crippen LogP contribution in [0.3, 0.4) is 0 Å². The maximum absolute atomic E-state index is 13.0. The molecule has 4 nitrogen and oxygen atoms in total. The second-order valence-electron chi connectivity index (χ2n) is 6.51. The van der Waals surface area contributed by atoms with Gasteiger partial charge in [-0.1, -0.05) is 42.0 Å². The molecule has 3 rings (SSSR count). The number of fused-ring (bicyclic) bond motifs is 1. The average molecular weight is 321 g/mol. The molecule has 0 bridgehead atoms. The largest absolute Gasteiger partial charge is 0.314 e. The highest BCUT2D eigenvalue weighted by Crippen LogP contribution is 2.40. The first-order chi connectivity index (χ1) is 11.3. The summed E-state index contributed by atoms with van der Waals surface area (Å²) in [7, 11) is 1.65. The zero-order chi connectivity index (χ0) is 17.5. The van der Waals surface area contributed by atoms with Crippen molar-refractivity contribution in [2.24, 2.45) is 5.41 Å². The minimum Gasteiger partial charge on any atom is -0.314 e. The van der Waals surface area contributed by atoms with Gasteiger partial charge in [-0.3, -0.25) is 14.4 Å². The Balaban J connectivity index is 2.02. The quantitative estimate of drug-likeness (QED) is 0.643. The van der Waals surface area contributed by atoms with Crippen LogP contribution < -0.4 is 4.90 Å². The second-order valence-corrected chi connectivity index (χ2v) is 6.51. The summed E-state index contributed by atoms with van der Waals surface area (Å²) in [5.41, 5.74) is 1.18. The van der Waals surface area contributed by atoms with E-state index in [1.54, 1.807) is 50.4 Å². The first kappa shape index (κ1) is 16.1. The molecule has 1 unspecified atom stereocenters. The molecule has 1 amide bonds. The van der Waals surface area contributed by atoms with Gasteiger partial charge in [0.1, 0.15) is 5.41 Å². The number of amides is 1. The van der Waals surface area contributed by atoms with E-state index < -0.39 is 5.41 Å². The number of Topliss-reactive ketones (excluding diaryl/α,β-unsaturated/α-hetero) is 2. The zero-order valence-electron chi connectivity index (χ0n) is 14.0. The fourth-order valence-corrected chi connectivity index (χ4v) is 3.20. The maximum atomic E-state index is 13.0. The molecule has 0 aromatic heterocycles. The molecule has 1 atom stereocenters. The second kappa shape index (κ2) is 5.71. The average Bonchev–Trinajstić information content (AvgIpc) is 2.59. The summed E-state index contributed by atoms with van der Waals surface area (Å²) in [6, 6.07) is 14.2. The SMILES string of the molecule is Cc1ccc2c(c1)C(=O)C(C)(CC(=O)c1ccccc1)C(=O)N2C. The molecule has 122 valence electrons. The van der Waals surface area contributed by atoms with Crippen molar-refractivity contribution in [2.45, 2.75) is 20.3 Å². The standard InChI is InChI=1S/C20H19NO3/c1-13-9-10-16-15(11-13)18(23)20(2,19(24)21(16)3)12-17(22)14-7-5-4-6-8-14/h4-11H,12H2,1-3H3. The molecular formula is C20H19NO3. The Morgan fingerprint density at radius 1 is 1.08 bits per heavy atom. The first-order valence-corrected chi connectivity index (χ1v) is 7.86. The van der Waals surface area contributed by atoms with Crippen LogP contribution in [0, 0.1) is 12.3 Å². The minimum atomic E-state index is -1.37. The normalized spacial score (nSPS) is 20.0. The zero-order valence-corrected chi connectivity index (χ0v) is 14.0. The Morgan fingerprint density at radius 3 is 2.42 bits per heavy atom. The maximum Gasteiger partial charge on any atom is 0.241 e. The van der Waals surface area contributed by atoms with Gasteiger partial charge in [0, 0.05) is 24.6 Å². The van der Waals surface area contributed by atoms with Crippen LogP contribution in [0.2, 0.25) is 0 Å². The minimum absolute atomic E-state index is 0.133. The number of rotatable bonds is 3. The van der Waals surface area contributed by atoms with Crippen molar-refractivity contribution >= 4 is 23.2 Å². The fourth-order valence-electron chi connectivity index (χ4n) is 3.20. The predicted molar refractivity (Wildman–Crippen MR) is 92.4 cm³/mol. The van der Waals surface area contributed by atoms with Gasteiger partial charge in [0.05, 0.1) is 5.69 Å². The molecule has 0 N–H and O–H groups in total. The molecule has 0 fully saturated rings. The van der Waals surface area contributed by atoms with Gasteiger partial charge in [0.2, 0.25) is 5.91 Å². The summed E-state index contributed by atoms with van der Waals surface area (Å²) >= 11 is 0. The molecule has 2 aromatic rings. The number of hydrogen-bond donors (Lipinski definition) is 0. The van der Waals surface area contributed by atoms with Gasteiger partial charge in [-0.25, -0.2) is 0 Å². The van der Waals surface area contributed by atoms with Crippen LogP contribution in [0.4, 0.5) is 5.69 Å². The molecule has 1 aliphatic rings. The Bertz CT molecular complexity index is 841. The first-order valence-electron chi connectivity index (χ1n) is 7.86. The molecule has 1 aliphatic heterocycles. The molecule has 0 saturated carbocycles. The van der Waals surface area contributed by atoms with Gasteiger partial charge in [-0.05, 0) is 26.0 Å². The van der Waals surface area contributed by atoms with Crippen molar-refractivity contribution in [1.29, 1.82) is 0 Å². The summed E-state index contributed by atoms with van der Waals surface area (Å²) in [6.07, 6.45) is -0.133. The third kappa shape index (κ3) is 2.44. The Hall–Kier alpha value is -2.75. The van der Waals surface area contributed by atoms with Gasteiger partial charge in [0.15, 0.2) is 11.6 Å². The molecule has 2 aromatic carbocycles. The molecule has 1 heterocycles. The van der Waals surface area contributed by atoms with E-state index in [-0.39, 0.29) is 23.9 Å². The van der Waals surface area contributed by atoms with Gasteiger partial charge in [-0.2, -0.15) is 0 Å². The third-order valence-corrected chi connectivity index (χ3v) is 4.65. The lowest BCUT2D eigenvalue weighted by Gasteiger charge is -2.37. The molecule has 24 heavy (non-hydrogen) atoms. The number of aryl methyl sites for hydroxylation is 1. The van der Waals surface area contributed by atoms with Crippen molar-refractivity contribution in [3.63, 3.8) is 0 Å². The fraction of sp³-hybridized carbons (Fsp3) is 0.250. The summed E-state index contributed by atoms with van der Waals surface area (Å²) in [4.78, 5) is 39.9. The number of anilines is 1. The Morgan fingerprint density at radius 2 is 1.75 bits per heavy atom. The van der Waals surface area contributed by atoms with Crippen molar-refractivity contribution in [1.82, 2.24) is 0 Å². The number of ketones is 2. The van der Waals surface area contributed by atoms with Gasteiger partial charge in [0.25, 0.3) is 0 Å². The molecule has 0 saturated heterocycles. The van der Waals surface area contributed by atoms with Gasteiger partial charge >= 0.3 is 0 Å². The van der Waals surface area contributed by atoms with E-state index in [4.69, 9.17) is 0 Å². The number of nitrogens with zero attached hydrogens (tertiary/aromatic N) is 1. The summed E-state index contributed by atoms with van der Waals surface area (Å²) in [5.74, 6) is -0.828. The lowest BCUT2D eigenvalue weighted by Crippen LogP contribution is -2.51. The number of benzene rings is 2. The van der Waals surface area contributed by atoms with Crippen molar-refractivity contribution in [2.75, 3.05) is 11.9 Å². The van der Waals surface area contributed by atoms with E-state index in [1.165, 1.54) is 4.90 Å². The van der Waals surface area contributed by atoms with Gasteiger partial charge in [-0.15, -0.1) is 0 Å². The highest BCUT2D eigenvalue weighted by Gasteiger charge is 2.49. The van der Waals surface area contributed by atoms with E-state index in [2.05, 4.69) is 0 Å². The van der Waals surface area contributed by atoms with Crippen LogP contribution in [-0.4, -0.2) is 24.5 Å². The monoisotopic (exact) mass is 321 g/mol. The highest BCUT2D eigenvalue weighted by molar-refractivity contribution is 6.26. The van der Waals surface area contributed by atoms with E-state index >= 15 is 0 Å². The molecule has 0 aliphatic carbocycles. The Labute approximate surface area is 141 Å². The number of hydrogen-bond acceptors (Lipinski definition) is 3. The predicted octanol–water partition coefficient (Wildman–Crippen LogP) is 3.43. The van der Waals surface area contributed by atoms with Crippen molar-refractivity contribution in [3.8, 4) is 0 Å². The van der Waals surface area contributed by atoms with E-state index in [1.807, 2.05) is 19.1 Å². The lowest BCUT2D eigenvalue weighted by atomic mass is 9.73. The molecular weight excluding hydrogens is 302 g/mol. The summed E-state index contributed by atoms with van der Waals surface area (Å²) in [5, 5.41) is 0. The Kier molecular flexibility index (Phi) is 3.84. The van der Waals surface area contributed by atoms with Crippen LogP contribution >= 0.6 is 0 Å². The number of carbonyl (C=O) groups is 3.